The largest absolute Gasteiger partial charge is 0.351 e. The highest BCUT2D eigenvalue weighted by Crippen LogP contribution is 2.46. The number of piperidine rings is 1. The van der Waals surface area contributed by atoms with Crippen molar-refractivity contribution in [1.82, 2.24) is 15.1 Å². The number of carbonyl (C=O) groups is 1. The summed E-state index contributed by atoms with van der Waals surface area (Å²) in [6.07, 6.45) is 4.41. The fourth-order valence-corrected chi connectivity index (χ4v) is 4.85. The molecule has 0 aromatic rings. The van der Waals surface area contributed by atoms with E-state index in [-0.39, 0.29) is 30.0 Å². The maximum atomic E-state index is 12.4. The van der Waals surface area contributed by atoms with Gasteiger partial charge in [0.25, 0.3) is 0 Å². The number of rotatable bonds is 3. The number of hydrogen-bond acceptors (Lipinski definition) is 6. The maximum absolute atomic E-state index is 12.4. The van der Waals surface area contributed by atoms with Gasteiger partial charge in [0, 0.05) is 24.9 Å². The van der Waals surface area contributed by atoms with Gasteiger partial charge in [0.05, 0.1) is 23.7 Å². The van der Waals surface area contributed by atoms with Crippen molar-refractivity contribution < 1.29 is 4.79 Å². The van der Waals surface area contributed by atoms with E-state index in [4.69, 9.17) is 5.26 Å². The molecule has 7 heteroatoms. The maximum Gasteiger partial charge on any atom is 0.237 e. The molecular weight excluding hydrogens is 340 g/mol. The predicted molar refractivity (Wildman–Crippen MR) is 102 cm³/mol. The Morgan fingerprint density at radius 2 is 2.11 bits per heavy atom. The lowest BCUT2D eigenvalue weighted by molar-refractivity contribution is -0.148. The third-order valence-electron chi connectivity index (χ3n) is 6.40. The van der Waals surface area contributed by atoms with Gasteiger partial charge in [-0.1, -0.05) is 6.92 Å². The zero-order chi connectivity index (χ0) is 19.6. The Balaban J connectivity index is 1.92. The van der Waals surface area contributed by atoms with Crippen LogP contribution in [-0.4, -0.2) is 59.2 Å². The van der Waals surface area contributed by atoms with Crippen molar-refractivity contribution in [2.45, 2.75) is 64.1 Å². The van der Waals surface area contributed by atoms with Gasteiger partial charge in [-0.25, -0.2) is 4.99 Å². The molecule has 3 aliphatic heterocycles. The molecule has 3 rings (SSSR count). The van der Waals surface area contributed by atoms with Crippen LogP contribution >= 0.6 is 0 Å². The van der Waals surface area contributed by atoms with E-state index >= 15 is 0 Å². The summed E-state index contributed by atoms with van der Waals surface area (Å²) in [7, 11) is 0. The second kappa shape index (κ2) is 7.70. The Labute approximate surface area is 161 Å². The Morgan fingerprint density at radius 3 is 2.70 bits per heavy atom. The SMILES string of the molecule is C/C=N\C(=C1\CC(C)CNC1C#N)N1CCC2(CCN2C(=O)CC#N)C1C. The second-order valence-electron chi connectivity index (χ2n) is 7.87. The van der Waals surface area contributed by atoms with E-state index < -0.39 is 0 Å². The average molecular weight is 368 g/mol. The van der Waals surface area contributed by atoms with Gasteiger partial charge in [-0.2, -0.15) is 10.5 Å². The fraction of sp³-hybridized carbons (Fsp3) is 0.700. The molecule has 0 aliphatic carbocycles. The molecule has 0 radical (unpaired) electrons. The number of nitrogens with zero attached hydrogens (tertiary/aromatic N) is 5. The van der Waals surface area contributed by atoms with Gasteiger partial charge < -0.3 is 9.80 Å². The van der Waals surface area contributed by atoms with Crippen molar-refractivity contribution in [3.05, 3.63) is 11.4 Å². The lowest BCUT2D eigenvalue weighted by atomic mass is 9.78. The van der Waals surface area contributed by atoms with Crippen molar-refractivity contribution in [3.8, 4) is 12.1 Å². The minimum Gasteiger partial charge on any atom is -0.351 e. The standard InChI is InChI=1S/C20H28N6O/c1-4-23-19(16-11-14(2)13-24-17(16)12-22)25-9-6-20(15(25)3)7-10-26(20)18(27)5-8-21/h4,14-15,17,24H,5-7,9-11,13H2,1-3H3/b19-16+,23-4-. The van der Waals surface area contributed by atoms with E-state index in [1.54, 1.807) is 6.21 Å². The molecule has 7 nitrogen and oxygen atoms in total. The third-order valence-corrected chi connectivity index (χ3v) is 6.40. The summed E-state index contributed by atoms with van der Waals surface area (Å²) < 4.78 is 0. The van der Waals surface area contributed by atoms with Crippen LogP contribution in [0.25, 0.3) is 0 Å². The number of carbonyl (C=O) groups excluding carboxylic acids is 1. The van der Waals surface area contributed by atoms with Crippen molar-refractivity contribution >= 4 is 12.1 Å². The van der Waals surface area contributed by atoms with Crippen LogP contribution in [0.1, 0.15) is 46.5 Å². The molecule has 1 N–H and O–H groups in total. The van der Waals surface area contributed by atoms with Gasteiger partial charge in [0.15, 0.2) is 0 Å². The third kappa shape index (κ3) is 3.21. The summed E-state index contributed by atoms with van der Waals surface area (Å²) in [5.74, 6) is 1.26. The van der Waals surface area contributed by atoms with Crippen LogP contribution < -0.4 is 5.32 Å². The van der Waals surface area contributed by atoms with Gasteiger partial charge in [-0.3, -0.25) is 10.1 Å². The first kappa shape index (κ1) is 19.4. The highest BCUT2D eigenvalue weighted by atomic mass is 16.2. The molecule has 4 atom stereocenters. The average Bonchev–Trinajstić information content (AvgIpc) is 2.98. The topological polar surface area (TPSA) is 95.5 Å². The number of hydrogen-bond donors (Lipinski definition) is 1. The first-order valence-electron chi connectivity index (χ1n) is 9.77. The molecule has 3 aliphatic rings. The molecule has 144 valence electrons. The molecule has 1 amide bonds. The Bertz CT molecular complexity index is 745. The molecule has 0 aromatic heterocycles. The van der Waals surface area contributed by atoms with E-state index in [2.05, 4.69) is 35.1 Å². The molecule has 4 unspecified atom stereocenters. The summed E-state index contributed by atoms with van der Waals surface area (Å²) in [5.41, 5.74) is 0.839. The first-order valence-corrected chi connectivity index (χ1v) is 9.77. The zero-order valence-corrected chi connectivity index (χ0v) is 16.4. The number of likely N-dealkylation sites (tertiary alicyclic amines) is 2. The summed E-state index contributed by atoms with van der Waals surface area (Å²) in [6, 6.07) is 4.14. The van der Waals surface area contributed by atoms with E-state index in [0.29, 0.717) is 5.92 Å². The molecule has 3 saturated heterocycles. The van der Waals surface area contributed by atoms with Crippen LogP contribution in [0.15, 0.2) is 16.4 Å². The van der Waals surface area contributed by atoms with Gasteiger partial charge in [0.1, 0.15) is 18.3 Å². The summed E-state index contributed by atoms with van der Waals surface area (Å²) in [5, 5.41) is 21.8. The molecular formula is C20H28N6O. The molecule has 0 saturated carbocycles. The number of aliphatic imine (C=N–C) groups is 1. The minimum absolute atomic E-state index is 0.0620. The normalized spacial score (nSPS) is 35.1. The Morgan fingerprint density at radius 1 is 1.37 bits per heavy atom. The smallest absolute Gasteiger partial charge is 0.237 e. The number of nitriles is 2. The van der Waals surface area contributed by atoms with Gasteiger partial charge in [-0.05, 0) is 45.6 Å². The molecule has 0 aromatic carbocycles. The number of amides is 1. The van der Waals surface area contributed by atoms with E-state index in [1.807, 2.05) is 17.9 Å². The van der Waals surface area contributed by atoms with Crippen LogP contribution in [0, 0.1) is 28.6 Å². The lowest BCUT2D eigenvalue weighted by Crippen LogP contribution is -2.66. The number of nitrogens with one attached hydrogen (secondary N) is 1. The molecule has 1 spiro atoms. The van der Waals surface area contributed by atoms with E-state index in [0.717, 1.165) is 50.3 Å². The quantitative estimate of drug-likeness (QED) is 0.766. The van der Waals surface area contributed by atoms with Crippen molar-refractivity contribution in [2.75, 3.05) is 19.6 Å². The summed E-state index contributed by atoms with van der Waals surface area (Å²) in [4.78, 5) is 21.2. The highest BCUT2D eigenvalue weighted by molar-refractivity contribution is 5.80. The Kier molecular flexibility index (Phi) is 5.53. The second-order valence-corrected chi connectivity index (χ2v) is 7.87. The van der Waals surface area contributed by atoms with E-state index in [9.17, 15) is 10.1 Å². The van der Waals surface area contributed by atoms with Crippen molar-refractivity contribution in [1.29, 1.82) is 10.5 Å². The molecule has 0 bridgehead atoms. The Hall–Kier alpha value is -2.38. The summed E-state index contributed by atoms with van der Waals surface area (Å²) >= 11 is 0. The van der Waals surface area contributed by atoms with Gasteiger partial charge in [0.2, 0.25) is 5.91 Å². The van der Waals surface area contributed by atoms with Gasteiger partial charge >= 0.3 is 0 Å². The highest BCUT2D eigenvalue weighted by Gasteiger charge is 2.56. The van der Waals surface area contributed by atoms with Crippen LogP contribution in [0.2, 0.25) is 0 Å². The first-order chi connectivity index (χ1) is 13.0. The van der Waals surface area contributed by atoms with Crippen LogP contribution in [-0.2, 0) is 4.79 Å². The summed E-state index contributed by atoms with van der Waals surface area (Å²) in [6.45, 7) is 8.58. The van der Waals surface area contributed by atoms with Crippen LogP contribution in [0.4, 0.5) is 0 Å². The van der Waals surface area contributed by atoms with Gasteiger partial charge in [-0.15, -0.1) is 0 Å². The van der Waals surface area contributed by atoms with E-state index in [1.165, 1.54) is 0 Å². The minimum atomic E-state index is -0.318. The monoisotopic (exact) mass is 368 g/mol. The molecule has 3 heterocycles. The fourth-order valence-electron chi connectivity index (χ4n) is 4.85. The van der Waals surface area contributed by atoms with Crippen molar-refractivity contribution in [2.24, 2.45) is 10.9 Å². The van der Waals surface area contributed by atoms with Crippen LogP contribution in [0.3, 0.4) is 0 Å². The van der Waals surface area contributed by atoms with Crippen molar-refractivity contribution in [3.63, 3.8) is 0 Å². The molecule has 27 heavy (non-hydrogen) atoms. The lowest BCUT2D eigenvalue weighted by Gasteiger charge is -2.54. The zero-order valence-electron chi connectivity index (χ0n) is 16.4. The van der Waals surface area contributed by atoms with Crippen LogP contribution in [0.5, 0.6) is 0 Å². The molecule has 3 fully saturated rings. The predicted octanol–water partition coefficient (Wildman–Crippen LogP) is 1.79.